The maximum absolute atomic E-state index is 11.4. The Morgan fingerprint density at radius 2 is 2.25 bits per heavy atom. The number of aryl methyl sites for hydroxylation is 1. The van der Waals surface area contributed by atoms with E-state index in [0.717, 1.165) is 10.2 Å². The van der Waals surface area contributed by atoms with E-state index in [9.17, 15) is 9.90 Å². The van der Waals surface area contributed by atoms with Crippen LogP contribution in [0.5, 0.6) is 0 Å². The Morgan fingerprint density at radius 1 is 1.45 bits per heavy atom. The SMILES string of the molecule is Cc1nsc(SCc2oc3ccccc3c2C(=O)O)n1. The molecule has 2 heterocycles. The van der Waals surface area contributed by atoms with E-state index in [1.54, 1.807) is 18.2 Å². The quantitative estimate of drug-likeness (QED) is 0.742. The van der Waals surface area contributed by atoms with Gasteiger partial charge in [-0.25, -0.2) is 9.78 Å². The van der Waals surface area contributed by atoms with Gasteiger partial charge in [0.05, 0.1) is 5.75 Å². The van der Waals surface area contributed by atoms with Crippen LogP contribution in [-0.4, -0.2) is 20.4 Å². The van der Waals surface area contributed by atoms with Crippen molar-refractivity contribution in [1.82, 2.24) is 9.36 Å². The average Bonchev–Trinajstić information content (AvgIpc) is 2.99. The average molecular weight is 306 g/mol. The Labute approximate surface area is 122 Å². The van der Waals surface area contributed by atoms with Gasteiger partial charge >= 0.3 is 5.97 Å². The molecule has 3 rings (SSSR count). The molecule has 7 heteroatoms. The molecule has 0 saturated carbocycles. The van der Waals surface area contributed by atoms with Gasteiger partial charge in [-0.15, -0.1) is 0 Å². The number of carboxylic acids is 1. The first kappa shape index (κ1) is 13.1. The van der Waals surface area contributed by atoms with Crippen LogP contribution in [0.2, 0.25) is 0 Å². The molecule has 0 aliphatic heterocycles. The molecule has 0 radical (unpaired) electrons. The molecular weight excluding hydrogens is 296 g/mol. The summed E-state index contributed by atoms with van der Waals surface area (Å²) >= 11 is 2.73. The highest BCUT2D eigenvalue weighted by Gasteiger charge is 2.20. The van der Waals surface area contributed by atoms with E-state index in [2.05, 4.69) is 9.36 Å². The van der Waals surface area contributed by atoms with Crippen molar-refractivity contribution in [3.05, 3.63) is 41.4 Å². The van der Waals surface area contributed by atoms with Gasteiger partial charge < -0.3 is 9.52 Å². The molecule has 0 aliphatic rings. The van der Waals surface area contributed by atoms with Crippen LogP contribution in [0.25, 0.3) is 11.0 Å². The zero-order chi connectivity index (χ0) is 14.1. The Morgan fingerprint density at radius 3 is 2.95 bits per heavy atom. The van der Waals surface area contributed by atoms with Crippen molar-refractivity contribution in [3.63, 3.8) is 0 Å². The number of carbonyl (C=O) groups is 1. The van der Waals surface area contributed by atoms with Crippen molar-refractivity contribution in [3.8, 4) is 0 Å². The van der Waals surface area contributed by atoms with Gasteiger partial charge in [0.25, 0.3) is 0 Å². The number of aromatic nitrogens is 2. The van der Waals surface area contributed by atoms with Crippen LogP contribution in [-0.2, 0) is 5.75 Å². The number of benzene rings is 1. The molecule has 0 saturated heterocycles. The lowest BCUT2D eigenvalue weighted by Gasteiger charge is -1.96. The summed E-state index contributed by atoms with van der Waals surface area (Å²) in [4.78, 5) is 15.7. The summed E-state index contributed by atoms with van der Waals surface area (Å²) < 4.78 is 10.5. The fourth-order valence-corrected chi connectivity index (χ4v) is 3.47. The van der Waals surface area contributed by atoms with Crippen molar-refractivity contribution >= 4 is 40.2 Å². The molecule has 3 aromatic rings. The maximum Gasteiger partial charge on any atom is 0.339 e. The van der Waals surface area contributed by atoms with Crippen molar-refractivity contribution in [2.24, 2.45) is 0 Å². The summed E-state index contributed by atoms with van der Waals surface area (Å²) in [6.07, 6.45) is 0. The topological polar surface area (TPSA) is 76.2 Å². The monoisotopic (exact) mass is 306 g/mol. The number of nitrogens with zero attached hydrogens (tertiary/aromatic N) is 2. The van der Waals surface area contributed by atoms with Crippen LogP contribution in [0.1, 0.15) is 21.9 Å². The first-order chi connectivity index (χ1) is 9.65. The smallest absolute Gasteiger partial charge is 0.339 e. The Hall–Kier alpha value is -1.86. The second-order valence-electron chi connectivity index (χ2n) is 4.10. The lowest BCUT2D eigenvalue weighted by molar-refractivity contribution is 0.0697. The third kappa shape index (κ3) is 2.41. The zero-order valence-electron chi connectivity index (χ0n) is 10.5. The fraction of sp³-hybridized carbons (Fsp3) is 0.154. The van der Waals surface area contributed by atoms with Gasteiger partial charge in [0.1, 0.15) is 22.7 Å². The Bertz CT molecular complexity index is 779. The van der Waals surface area contributed by atoms with E-state index in [4.69, 9.17) is 4.42 Å². The van der Waals surface area contributed by atoms with Crippen LogP contribution in [0.4, 0.5) is 0 Å². The van der Waals surface area contributed by atoms with Gasteiger partial charge in [-0.2, -0.15) is 4.37 Å². The number of fused-ring (bicyclic) bond motifs is 1. The summed E-state index contributed by atoms with van der Waals surface area (Å²) in [5, 5.41) is 9.99. The number of hydrogen-bond donors (Lipinski definition) is 1. The number of aromatic carboxylic acids is 1. The normalized spacial score (nSPS) is 11.1. The summed E-state index contributed by atoms with van der Waals surface area (Å²) in [5.74, 6) is 0.626. The molecule has 1 aromatic carbocycles. The zero-order valence-corrected chi connectivity index (χ0v) is 12.1. The summed E-state index contributed by atoms with van der Waals surface area (Å²) in [5.41, 5.74) is 0.822. The van der Waals surface area contributed by atoms with E-state index in [1.807, 2.05) is 13.0 Å². The van der Waals surface area contributed by atoms with Crippen molar-refractivity contribution in [1.29, 1.82) is 0 Å². The van der Waals surface area contributed by atoms with Gasteiger partial charge in [0.15, 0.2) is 4.34 Å². The van der Waals surface area contributed by atoms with Gasteiger partial charge in [-0.05, 0) is 24.5 Å². The maximum atomic E-state index is 11.4. The molecule has 0 amide bonds. The molecule has 0 atom stereocenters. The molecule has 0 unspecified atom stereocenters. The van der Waals surface area contributed by atoms with Crippen molar-refractivity contribution < 1.29 is 14.3 Å². The van der Waals surface area contributed by atoms with E-state index in [-0.39, 0.29) is 5.56 Å². The number of carboxylic acid groups (broad SMARTS) is 1. The van der Waals surface area contributed by atoms with Crippen molar-refractivity contribution in [2.75, 3.05) is 0 Å². The molecular formula is C13H10N2O3S2. The Kier molecular flexibility index (Phi) is 3.45. The first-order valence-electron chi connectivity index (χ1n) is 5.82. The molecule has 20 heavy (non-hydrogen) atoms. The van der Waals surface area contributed by atoms with E-state index >= 15 is 0 Å². The van der Waals surface area contributed by atoms with Crippen LogP contribution in [0, 0.1) is 6.92 Å². The van der Waals surface area contributed by atoms with E-state index < -0.39 is 5.97 Å². The third-order valence-corrected chi connectivity index (χ3v) is 4.64. The third-order valence-electron chi connectivity index (χ3n) is 2.72. The molecule has 5 nitrogen and oxygen atoms in total. The molecule has 0 fully saturated rings. The lowest BCUT2D eigenvalue weighted by atomic mass is 10.1. The second kappa shape index (κ2) is 5.26. The molecule has 2 aromatic heterocycles. The predicted molar refractivity (Wildman–Crippen MR) is 77.4 cm³/mol. The lowest BCUT2D eigenvalue weighted by Crippen LogP contribution is -1.98. The van der Waals surface area contributed by atoms with Crippen molar-refractivity contribution in [2.45, 2.75) is 17.0 Å². The largest absolute Gasteiger partial charge is 0.478 e. The van der Waals surface area contributed by atoms with Gasteiger partial charge in [-0.1, -0.05) is 30.0 Å². The minimum Gasteiger partial charge on any atom is -0.478 e. The fourth-order valence-electron chi connectivity index (χ4n) is 1.90. The minimum absolute atomic E-state index is 0.231. The highest BCUT2D eigenvalue weighted by atomic mass is 32.2. The van der Waals surface area contributed by atoms with E-state index in [0.29, 0.717) is 22.5 Å². The Balaban J connectivity index is 1.94. The van der Waals surface area contributed by atoms with E-state index in [1.165, 1.54) is 23.3 Å². The first-order valence-corrected chi connectivity index (χ1v) is 7.58. The number of para-hydroxylation sites is 1. The van der Waals surface area contributed by atoms with Crippen LogP contribution >= 0.6 is 23.3 Å². The number of furan rings is 1. The van der Waals surface area contributed by atoms with Crippen LogP contribution in [0.3, 0.4) is 0 Å². The molecule has 0 spiro atoms. The molecule has 0 aliphatic carbocycles. The van der Waals surface area contributed by atoms with Gasteiger partial charge in [0.2, 0.25) is 0 Å². The molecule has 0 bridgehead atoms. The van der Waals surface area contributed by atoms with Gasteiger partial charge in [-0.3, -0.25) is 0 Å². The van der Waals surface area contributed by atoms with Crippen LogP contribution in [0.15, 0.2) is 33.0 Å². The highest BCUT2D eigenvalue weighted by Crippen LogP contribution is 2.31. The summed E-state index contributed by atoms with van der Waals surface area (Å²) in [6.45, 7) is 1.82. The van der Waals surface area contributed by atoms with Gasteiger partial charge in [0, 0.05) is 5.39 Å². The summed E-state index contributed by atoms with van der Waals surface area (Å²) in [7, 11) is 0. The number of rotatable bonds is 4. The predicted octanol–water partition coefficient (Wildman–Crippen LogP) is 3.58. The summed E-state index contributed by atoms with van der Waals surface area (Å²) in [6, 6.07) is 7.15. The standard InChI is InChI=1S/C13H10N2O3S2/c1-7-14-13(20-15-7)19-6-10-11(12(16)17)8-4-2-3-5-9(8)18-10/h2-5H,6H2,1H3,(H,16,17). The minimum atomic E-state index is -0.973. The number of hydrogen-bond acceptors (Lipinski definition) is 6. The highest BCUT2D eigenvalue weighted by molar-refractivity contribution is 8.00. The second-order valence-corrected chi connectivity index (χ2v) is 6.07. The molecule has 1 N–H and O–H groups in total. The number of thioether (sulfide) groups is 1. The molecule has 102 valence electrons. The van der Waals surface area contributed by atoms with Crippen LogP contribution < -0.4 is 0 Å².